The van der Waals surface area contributed by atoms with Crippen molar-refractivity contribution >= 4 is 5.97 Å². The van der Waals surface area contributed by atoms with Gasteiger partial charge in [-0.1, -0.05) is 6.07 Å². The van der Waals surface area contributed by atoms with E-state index < -0.39 is 17.6 Å². The van der Waals surface area contributed by atoms with Gasteiger partial charge in [-0.2, -0.15) is 0 Å². The van der Waals surface area contributed by atoms with Crippen molar-refractivity contribution in [3.63, 3.8) is 0 Å². The molecular formula is C16H15F2NO3. The third-order valence-corrected chi connectivity index (χ3v) is 3.87. The van der Waals surface area contributed by atoms with E-state index in [2.05, 4.69) is 0 Å². The van der Waals surface area contributed by atoms with Crippen LogP contribution in [-0.4, -0.2) is 29.1 Å². The molecule has 0 spiro atoms. The van der Waals surface area contributed by atoms with Crippen LogP contribution < -0.4 is 0 Å². The second kappa shape index (κ2) is 5.88. The molecule has 4 nitrogen and oxygen atoms in total. The fraction of sp³-hybridized carbons (Fsp3) is 0.312. The third kappa shape index (κ3) is 2.87. The fourth-order valence-electron chi connectivity index (χ4n) is 2.73. The van der Waals surface area contributed by atoms with Gasteiger partial charge in [-0.05, 0) is 37.2 Å². The Labute approximate surface area is 126 Å². The highest BCUT2D eigenvalue weighted by Gasteiger charge is 2.28. The van der Waals surface area contributed by atoms with E-state index in [9.17, 15) is 13.6 Å². The first-order valence-electron chi connectivity index (χ1n) is 7.03. The molecule has 1 aliphatic rings. The van der Waals surface area contributed by atoms with Crippen molar-refractivity contribution in [2.45, 2.75) is 13.0 Å². The molecule has 0 amide bonds. The number of halogens is 2. The average Bonchev–Trinajstić information content (AvgIpc) is 3.09. The van der Waals surface area contributed by atoms with Crippen LogP contribution in [0.5, 0.6) is 0 Å². The Hall–Kier alpha value is -2.21. The normalized spacial score (nSPS) is 18.7. The van der Waals surface area contributed by atoms with Gasteiger partial charge in [0, 0.05) is 6.54 Å². The molecule has 2 heterocycles. The van der Waals surface area contributed by atoms with E-state index in [1.807, 2.05) is 4.90 Å². The van der Waals surface area contributed by atoms with Gasteiger partial charge < -0.3 is 9.52 Å². The molecule has 1 N–H and O–H groups in total. The van der Waals surface area contributed by atoms with Crippen molar-refractivity contribution in [1.82, 2.24) is 4.90 Å². The molecule has 116 valence electrons. The SMILES string of the molecule is O=C(O)C1CCN(Cc2ccc(-c3c(F)cccc3F)o2)C1. The van der Waals surface area contributed by atoms with Crippen molar-refractivity contribution in [3.05, 3.63) is 47.7 Å². The number of hydrogen-bond donors (Lipinski definition) is 1. The number of hydrogen-bond acceptors (Lipinski definition) is 3. The summed E-state index contributed by atoms with van der Waals surface area (Å²) in [6.45, 7) is 1.56. The van der Waals surface area contributed by atoms with Gasteiger partial charge in [0.05, 0.1) is 18.0 Å². The standard InChI is InChI=1S/C16H15F2NO3/c17-12-2-1-3-13(18)15(12)14-5-4-11(22-14)9-19-7-6-10(8-19)16(20)21/h1-5,10H,6-9H2,(H,20,21). The maximum Gasteiger partial charge on any atom is 0.307 e. The molecule has 1 aromatic carbocycles. The first-order chi connectivity index (χ1) is 10.5. The zero-order chi connectivity index (χ0) is 15.7. The van der Waals surface area contributed by atoms with Gasteiger partial charge in [-0.25, -0.2) is 8.78 Å². The second-order valence-corrected chi connectivity index (χ2v) is 5.42. The lowest BCUT2D eigenvalue weighted by Gasteiger charge is -2.12. The Morgan fingerprint density at radius 2 is 2.00 bits per heavy atom. The van der Waals surface area contributed by atoms with Crippen LogP contribution in [0.4, 0.5) is 8.78 Å². The number of carbonyl (C=O) groups is 1. The van der Waals surface area contributed by atoms with Gasteiger partial charge in [-0.3, -0.25) is 9.69 Å². The van der Waals surface area contributed by atoms with Crippen molar-refractivity contribution < 1.29 is 23.1 Å². The van der Waals surface area contributed by atoms with Crippen molar-refractivity contribution in [1.29, 1.82) is 0 Å². The largest absolute Gasteiger partial charge is 0.481 e. The van der Waals surface area contributed by atoms with Crippen LogP contribution in [0.15, 0.2) is 34.7 Å². The van der Waals surface area contributed by atoms with Gasteiger partial charge in [-0.15, -0.1) is 0 Å². The van der Waals surface area contributed by atoms with E-state index in [0.29, 0.717) is 31.8 Å². The summed E-state index contributed by atoms with van der Waals surface area (Å²) in [5.74, 6) is -1.81. The van der Waals surface area contributed by atoms with Crippen LogP contribution in [-0.2, 0) is 11.3 Å². The summed E-state index contributed by atoms with van der Waals surface area (Å²) in [5.41, 5.74) is -0.182. The summed E-state index contributed by atoms with van der Waals surface area (Å²) in [6.07, 6.45) is 0.602. The quantitative estimate of drug-likeness (QED) is 0.943. The summed E-state index contributed by atoms with van der Waals surface area (Å²) in [6, 6.07) is 6.85. The summed E-state index contributed by atoms with van der Waals surface area (Å²) in [4.78, 5) is 12.9. The maximum absolute atomic E-state index is 13.7. The molecule has 22 heavy (non-hydrogen) atoms. The number of furan rings is 1. The molecule has 0 aliphatic carbocycles. The fourth-order valence-corrected chi connectivity index (χ4v) is 2.73. The summed E-state index contributed by atoms with van der Waals surface area (Å²) in [7, 11) is 0. The average molecular weight is 307 g/mol. The van der Waals surface area contributed by atoms with E-state index in [1.54, 1.807) is 6.07 Å². The number of carboxylic acid groups (broad SMARTS) is 1. The summed E-state index contributed by atoms with van der Waals surface area (Å²) >= 11 is 0. The van der Waals surface area contributed by atoms with E-state index >= 15 is 0 Å². The molecular weight excluding hydrogens is 292 g/mol. The number of likely N-dealkylation sites (tertiary alicyclic amines) is 1. The Bertz CT molecular complexity index is 678. The number of carboxylic acids is 1. The molecule has 3 rings (SSSR count). The predicted octanol–water partition coefficient (Wildman–Crippen LogP) is 3.13. The molecule has 0 saturated carbocycles. The number of nitrogens with zero attached hydrogens (tertiary/aromatic N) is 1. The molecule has 1 unspecified atom stereocenters. The zero-order valence-electron chi connectivity index (χ0n) is 11.8. The lowest BCUT2D eigenvalue weighted by Crippen LogP contribution is -2.22. The number of rotatable bonds is 4. The Morgan fingerprint density at radius 1 is 1.27 bits per heavy atom. The summed E-state index contributed by atoms with van der Waals surface area (Å²) < 4.78 is 32.9. The summed E-state index contributed by atoms with van der Waals surface area (Å²) in [5, 5.41) is 8.98. The zero-order valence-corrected chi connectivity index (χ0v) is 11.8. The van der Waals surface area contributed by atoms with Crippen molar-refractivity contribution in [2.75, 3.05) is 13.1 Å². The Morgan fingerprint density at radius 3 is 2.64 bits per heavy atom. The van der Waals surface area contributed by atoms with Crippen molar-refractivity contribution in [2.24, 2.45) is 5.92 Å². The lowest BCUT2D eigenvalue weighted by atomic mass is 10.1. The van der Waals surface area contributed by atoms with Gasteiger partial charge in [0.25, 0.3) is 0 Å². The van der Waals surface area contributed by atoms with Crippen LogP contribution >= 0.6 is 0 Å². The second-order valence-electron chi connectivity index (χ2n) is 5.42. The minimum absolute atomic E-state index is 0.139. The Balaban J connectivity index is 1.74. The highest BCUT2D eigenvalue weighted by atomic mass is 19.1. The molecule has 1 saturated heterocycles. The van der Waals surface area contributed by atoms with Crippen LogP contribution in [0.3, 0.4) is 0 Å². The smallest absolute Gasteiger partial charge is 0.307 e. The highest BCUT2D eigenvalue weighted by molar-refractivity contribution is 5.70. The van der Waals surface area contributed by atoms with E-state index in [4.69, 9.17) is 9.52 Å². The lowest BCUT2D eigenvalue weighted by molar-refractivity contribution is -0.141. The van der Waals surface area contributed by atoms with Gasteiger partial charge in [0.15, 0.2) is 0 Å². The molecule has 0 radical (unpaired) electrons. The molecule has 0 bridgehead atoms. The molecule has 1 atom stereocenters. The monoisotopic (exact) mass is 307 g/mol. The molecule has 1 fully saturated rings. The molecule has 6 heteroatoms. The van der Waals surface area contributed by atoms with Gasteiger partial charge in [0.1, 0.15) is 23.2 Å². The van der Waals surface area contributed by atoms with Crippen LogP contribution in [0.25, 0.3) is 11.3 Å². The van der Waals surface area contributed by atoms with E-state index in [1.165, 1.54) is 24.3 Å². The number of aliphatic carboxylic acids is 1. The minimum Gasteiger partial charge on any atom is -0.481 e. The first-order valence-corrected chi connectivity index (χ1v) is 7.03. The Kier molecular flexibility index (Phi) is 3.94. The molecule has 1 aromatic heterocycles. The minimum atomic E-state index is -0.795. The van der Waals surface area contributed by atoms with Crippen LogP contribution in [0, 0.1) is 17.6 Å². The van der Waals surface area contributed by atoms with Crippen LogP contribution in [0.1, 0.15) is 12.2 Å². The molecule has 1 aliphatic heterocycles. The highest BCUT2D eigenvalue weighted by Crippen LogP contribution is 2.28. The predicted molar refractivity (Wildman–Crippen MR) is 75.1 cm³/mol. The van der Waals surface area contributed by atoms with E-state index in [0.717, 1.165) is 0 Å². The number of benzene rings is 1. The van der Waals surface area contributed by atoms with E-state index in [-0.39, 0.29) is 17.2 Å². The first kappa shape index (κ1) is 14.7. The van der Waals surface area contributed by atoms with Crippen LogP contribution in [0.2, 0.25) is 0 Å². The van der Waals surface area contributed by atoms with Gasteiger partial charge in [0.2, 0.25) is 0 Å². The van der Waals surface area contributed by atoms with Gasteiger partial charge >= 0.3 is 5.97 Å². The topological polar surface area (TPSA) is 53.7 Å². The third-order valence-electron chi connectivity index (χ3n) is 3.87. The molecule has 2 aromatic rings. The maximum atomic E-state index is 13.7. The van der Waals surface area contributed by atoms with Crippen molar-refractivity contribution in [3.8, 4) is 11.3 Å².